The summed E-state index contributed by atoms with van der Waals surface area (Å²) in [5, 5.41) is 0. The summed E-state index contributed by atoms with van der Waals surface area (Å²) in [5.74, 6) is 1.75. The van der Waals surface area contributed by atoms with Crippen LogP contribution >= 0.6 is 0 Å². The van der Waals surface area contributed by atoms with Crippen LogP contribution in [0.5, 0.6) is 0 Å². The maximum atomic E-state index is 4.52. The van der Waals surface area contributed by atoms with Gasteiger partial charge in [0.05, 0.1) is 5.69 Å². The van der Waals surface area contributed by atoms with E-state index in [4.69, 9.17) is 0 Å². The fraction of sp³-hybridized carbons (Fsp3) is 0.350. The molecule has 3 rings (SSSR count). The first-order valence-corrected chi connectivity index (χ1v) is 7.93. The summed E-state index contributed by atoms with van der Waals surface area (Å²) in [5.41, 5.74) is 8.25. The Morgan fingerprint density at radius 3 is 2.73 bits per heavy atom. The van der Waals surface area contributed by atoms with Gasteiger partial charge in [-0.05, 0) is 42.4 Å². The van der Waals surface area contributed by atoms with Crippen LogP contribution in [0.1, 0.15) is 55.5 Å². The van der Waals surface area contributed by atoms with Gasteiger partial charge in [0, 0.05) is 24.5 Å². The lowest BCUT2D eigenvalue weighted by Crippen LogP contribution is -2.02. The fourth-order valence-electron chi connectivity index (χ4n) is 3.45. The highest BCUT2D eigenvalue weighted by atomic mass is 14.8. The highest BCUT2D eigenvalue weighted by molar-refractivity contribution is 5.80. The molecule has 22 heavy (non-hydrogen) atoms. The third kappa shape index (κ3) is 2.83. The standard InChI is InChI=1S/C20H23N2/c1-13(2)9-17-11-16-10-14(3)5-6-18(16)20(17)15(4)19-12-21-7-8-22-19/h5-8,10,12,15H,9,11H2,1-4H3. The van der Waals surface area contributed by atoms with Crippen LogP contribution in [-0.4, -0.2) is 9.97 Å². The van der Waals surface area contributed by atoms with Crippen molar-refractivity contribution < 1.29 is 0 Å². The van der Waals surface area contributed by atoms with Gasteiger partial charge in [-0.15, -0.1) is 0 Å². The first-order chi connectivity index (χ1) is 10.6. The van der Waals surface area contributed by atoms with Crippen molar-refractivity contribution in [1.29, 1.82) is 0 Å². The van der Waals surface area contributed by atoms with E-state index in [2.05, 4.69) is 55.9 Å². The zero-order valence-corrected chi connectivity index (χ0v) is 13.9. The van der Waals surface area contributed by atoms with E-state index < -0.39 is 0 Å². The molecule has 0 N–H and O–H groups in total. The van der Waals surface area contributed by atoms with E-state index in [1.807, 2.05) is 6.20 Å². The van der Waals surface area contributed by atoms with E-state index >= 15 is 0 Å². The van der Waals surface area contributed by atoms with Gasteiger partial charge in [-0.2, -0.15) is 0 Å². The van der Waals surface area contributed by atoms with Crippen molar-refractivity contribution in [2.45, 2.75) is 46.5 Å². The summed E-state index contributed by atoms with van der Waals surface area (Å²) in [4.78, 5) is 8.77. The molecule has 1 aromatic heterocycles. The number of allylic oxidation sites excluding steroid dienone is 2. The van der Waals surface area contributed by atoms with Gasteiger partial charge < -0.3 is 0 Å². The van der Waals surface area contributed by atoms with E-state index in [1.165, 1.54) is 28.2 Å². The van der Waals surface area contributed by atoms with Crippen LogP contribution in [0.25, 0.3) is 5.57 Å². The molecule has 0 saturated carbocycles. The molecule has 0 bridgehead atoms. The lowest BCUT2D eigenvalue weighted by atomic mass is 9.88. The fourth-order valence-corrected chi connectivity index (χ4v) is 3.45. The number of fused-ring (bicyclic) bond motifs is 1. The first-order valence-electron chi connectivity index (χ1n) is 7.93. The molecule has 1 heterocycles. The minimum atomic E-state index is 0.284. The first kappa shape index (κ1) is 15.0. The molecule has 1 radical (unpaired) electrons. The van der Waals surface area contributed by atoms with Crippen LogP contribution in [0.4, 0.5) is 0 Å². The Morgan fingerprint density at radius 2 is 2.05 bits per heavy atom. The maximum Gasteiger partial charge on any atom is 0.0658 e. The van der Waals surface area contributed by atoms with E-state index in [0.717, 1.165) is 18.5 Å². The van der Waals surface area contributed by atoms with Crippen LogP contribution in [0.15, 0.2) is 42.4 Å². The van der Waals surface area contributed by atoms with Gasteiger partial charge in [-0.1, -0.05) is 50.1 Å². The smallest absolute Gasteiger partial charge is 0.0658 e. The highest BCUT2D eigenvalue weighted by Gasteiger charge is 2.27. The van der Waals surface area contributed by atoms with Crippen LogP contribution in [0.2, 0.25) is 0 Å². The predicted octanol–water partition coefficient (Wildman–Crippen LogP) is 4.90. The largest absolute Gasteiger partial charge is 0.261 e. The van der Waals surface area contributed by atoms with Gasteiger partial charge in [0.1, 0.15) is 0 Å². The van der Waals surface area contributed by atoms with Gasteiger partial charge in [-0.25, -0.2) is 0 Å². The maximum absolute atomic E-state index is 4.52. The normalized spacial score (nSPS) is 15.3. The zero-order valence-electron chi connectivity index (χ0n) is 13.9. The minimum absolute atomic E-state index is 0.284. The quantitative estimate of drug-likeness (QED) is 0.800. The van der Waals surface area contributed by atoms with Crippen LogP contribution in [-0.2, 0) is 6.42 Å². The second-order valence-electron chi connectivity index (χ2n) is 6.59. The Labute approximate surface area is 133 Å². The number of hydrogen-bond acceptors (Lipinski definition) is 2. The number of hydrogen-bond donors (Lipinski definition) is 0. The molecule has 0 fully saturated rings. The Balaban J connectivity index is 2.06. The van der Waals surface area contributed by atoms with E-state index in [9.17, 15) is 0 Å². The third-order valence-corrected chi connectivity index (χ3v) is 4.36. The monoisotopic (exact) mass is 291 g/mol. The molecule has 2 nitrogen and oxygen atoms in total. The summed E-state index contributed by atoms with van der Waals surface area (Å²) >= 11 is 0. The molecule has 1 aromatic carbocycles. The predicted molar refractivity (Wildman–Crippen MR) is 91.5 cm³/mol. The Kier molecular flexibility index (Phi) is 4.10. The second kappa shape index (κ2) is 6.04. The highest BCUT2D eigenvalue weighted by Crippen LogP contribution is 2.43. The molecule has 1 aliphatic rings. The molecule has 0 saturated heterocycles. The molecule has 0 amide bonds. The van der Waals surface area contributed by atoms with Gasteiger partial charge in [0.25, 0.3) is 0 Å². The van der Waals surface area contributed by atoms with Crippen molar-refractivity contribution in [3.8, 4) is 0 Å². The summed E-state index contributed by atoms with van der Waals surface area (Å²) in [6, 6.07) is 6.83. The van der Waals surface area contributed by atoms with Crippen molar-refractivity contribution in [3.05, 3.63) is 70.7 Å². The number of rotatable bonds is 4. The molecule has 0 aliphatic heterocycles. The number of aromatic nitrogens is 2. The molecular weight excluding hydrogens is 268 g/mol. The van der Waals surface area contributed by atoms with Gasteiger partial charge in [-0.3, -0.25) is 9.97 Å². The third-order valence-electron chi connectivity index (χ3n) is 4.36. The Bertz CT molecular complexity index is 699. The molecule has 113 valence electrons. The van der Waals surface area contributed by atoms with Crippen molar-refractivity contribution in [3.63, 3.8) is 0 Å². The summed E-state index contributed by atoms with van der Waals surface area (Å²) in [6.45, 7) is 8.85. The van der Waals surface area contributed by atoms with Crippen LogP contribution < -0.4 is 0 Å². The van der Waals surface area contributed by atoms with E-state index in [0.29, 0.717) is 0 Å². The van der Waals surface area contributed by atoms with Gasteiger partial charge >= 0.3 is 0 Å². The van der Waals surface area contributed by atoms with Gasteiger partial charge in [0.15, 0.2) is 0 Å². The lowest BCUT2D eigenvalue weighted by Gasteiger charge is -2.17. The Hall–Kier alpha value is -1.96. The summed E-state index contributed by atoms with van der Waals surface area (Å²) < 4.78 is 0. The SMILES string of the molecule is C[C](C)CC1=C(C(C)c2cnccn2)c2ccc(C)cc2C1. The van der Waals surface area contributed by atoms with Gasteiger partial charge in [0.2, 0.25) is 0 Å². The summed E-state index contributed by atoms with van der Waals surface area (Å²) in [7, 11) is 0. The molecule has 1 aliphatic carbocycles. The number of benzene rings is 1. The molecule has 0 spiro atoms. The van der Waals surface area contributed by atoms with Crippen molar-refractivity contribution in [2.24, 2.45) is 0 Å². The molecule has 1 atom stereocenters. The minimum Gasteiger partial charge on any atom is -0.261 e. The zero-order chi connectivity index (χ0) is 15.7. The molecular formula is C20H23N2. The van der Waals surface area contributed by atoms with E-state index in [1.54, 1.807) is 18.0 Å². The average molecular weight is 291 g/mol. The van der Waals surface area contributed by atoms with Crippen LogP contribution in [0.3, 0.4) is 0 Å². The van der Waals surface area contributed by atoms with Crippen molar-refractivity contribution >= 4 is 5.57 Å². The second-order valence-corrected chi connectivity index (χ2v) is 6.59. The van der Waals surface area contributed by atoms with Crippen LogP contribution in [0, 0.1) is 12.8 Å². The number of nitrogens with zero attached hydrogens (tertiary/aromatic N) is 2. The number of aryl methyl sites for hydroxylation is 1. The van der Waals surface area contributed by atoms with E-state index in [-0.39, 0.29) is 5.92 Å². The summed E-state index contributed by atoms with van der Waals surface area (Å²) in [6.07, 6.45) is 7.56. The lowest BCUT2D eigenvalue weighted by molar-refractivity contribution is 0.874. The molecule has 2 heteroatoms. The van der Waals surface area contributed by atoms with Crippen molar-refractivity contribution in [2.75, 3.05) is 0 Å². The molecule has 1 unspecified atom stereocenters. The Morgan fingerprint density at radius 1 is 1.23 bits per heavy atom. The topological polar surface area (TPSA) is 25.8 Å². The van der Waals surface area contributed by atoms with Crippen molar-refractivity contribution in [1.82, 2.24) is 9.97 Å². The molecule has 2 aromatic rings. The average Bonchev–Trinajstić information content (AvgIpc) is 2.83.